The van der Waals surface area contributed by atoms with Crippen molar-refractivity contribution in [3.8, 4) is 11.8 Å². The molecule has 236 valence electrons. The Morgan fingerprint density at radius 2 is 1.86 bits per heavy atom. The predicted molar refractivity (Wildman–Crippen MR) is 172 cm³/mol. The molecule has 6 rings (SSSR count). The summed E-state index contributed by atoms with van der Waals surface area (Å²) in [5, 5.41) is 12.1. The molecule has 0 radical (unpaired) electrons. The van der Waals surface area contributed by atoms with Crippen LogP contribution in [0, 0.1) is 35.5 Å². The lowest BCUT2D eigenvalue weighted by Gasteiger charge is -2.64. The van der Waals surface area contributed by atoms with Crippen molar-refractivity contribution in [1.82, 2.24) is 10.2 Å². The molecular formula is C33H42BCl2N3O5. The van der Waals surface area contributed by atoms with Crippen LogP contribution < -0.4 is 10.1 Å². The van der Waals surface area contributed by atoms with Crippen molar-refractivity contribution in [3.63, 3.8) is 0 Å². The largest absolute Gasteiger partial charge is 0.490 e. The van der Waals surface area contributed by atoms with Crippen molar-refractivity contribution in [2.24, 2.45) is 17.3 Å². The molecule has 3 aliphatic carbocycles. The van der Waals surface area contributed by atoms with Gasteiger partial charge in [0.1, 0.15) is 6.42 Å². The van der Waals surface area contributed by atoms with Crippen molar-refractivity contribution in [2.45, 2.75) is 77.4 Å². The fourth-order valence-corrected chi connectivity index (χ4v) is 7.15. The monoisotopic (exact) mass is 641 g/mol. The minimum Gasteiger partial charge on any atom is -0.490 e. The molecule has 2 aromatic rings. The second kappa shape index (κ2) is 14.1. The van der Waals surface area contributed by atoms with E-state index in [0.717, 1.165) is 17.5 Å². The molecule has 8 nitrogen and oxygen atoms in total. The van der Waals surface area contributed by atoms with Crippen molar-refractivity contribution in [1.29, 1.82) is 5.26 Å². The summed E-state index contributed by atoms with van der Waals surface area (Å²) in [7, 11) is 2.75. The number of carbonyl (C=O) groups excluding carboxylic acids is 2. The Labute approximate surface area is 271 Å². The van der Waals surface area contributed by atoms with Gasteiger partial charge < -0.3 is 24.3 Å². The van der Waals surface area contributed by atoms with E-state index in [2.05, 4.69) is 38.2 Å². The van der Waals surface area contributed by atoms with Gasteiger partial charge in [-0.2, -0.15) is 5.26 Å². The van der Waals surface area contributed by atoms with E-state index < -0.39 is 7.12 Å². The highest BCUT2D eigenvalue weighted by molar-refractivity contribution is 6.48. The molecule has 5 atom stereocenters. The summed E-state index contributed by atoms with van der Waals surface area (Å²) < 4.78 is 19.0. The molecule has 2 bridgehead atoms. The number of nitriles is 1. The summed E-state index contributed by atoms with van der Waals surface area (Å²) >= 11 is 12.6. The molecule has 1 N–H and O–H groups in total. The summed E-state index contributed by atoms with van der Waals surface area (Å²) in [6.07, 6.45) is 3.02. The Bertz CT molecular complexity index is 1390. The van der Waals surface area contributed by atoms with E-state index in [1.807, 2.05) is 31.2 Å². The number of aryl methyl sites for hydroxylation is 1. The number of nitrogens with one attached hydrogen (secondary N) is 1. The second-order valence-electron chi connectivity index (χ2n) is 12.9. The van der Waals surface area contributed by atoms with Gasteiger partial charge in [0.25, 0.3) is 0 Å². The van der Waals surface area contributed by atoms with E-state index in [9.17, 15) is 9.59 Å². The number of benzene rings is 2. The molecule has 3 saturated carbocycles. The Kier molecular flexibility index (Phi) is 10.9. The van der Waals surface area contributed by atoms with Gasteiger partial charge in [0.05, 0.1) is 46.8 Å². The first kappa shape index (κ1) is 34.1. The SMILES string of the molecule is CN(C)C(=O)CC#N.Cc1ccc(Cl)c(OCCC(=O)NC(Cc2ccccc2)B2O[C@@H]3CC4CC(C4(C)C)[C@]3(C)O2)c1Cl. The van der Waals surface area contributed by atoms with Crippen molar-refractivity contribution < 1.29 is 23.6 Å². The van der Waals surface area contributed by atoms with Crippen LogP contribution in [-0.2, 0) is 25.3 Å². The molecule has 44 heavy (non-hydrogen) atoms. The summed E-state index contributed by atoms with van der Waals surface area (Å²) in [5.41, 5.74) is 1.92. The summed E-state index contributed by atoms with van der Waals surface area (Å²) in [4.78, 5) is 24.9. The van der Waals surface area contributed by atoms with Gasteiger partial charge in [-0.15, -0.1) is 0 Å². The molecule has 0 spiro atoms. The third-order valence-corrected chi connectivity index (χ3v) is 10.3. The lowest BCUT2D eigenvalue weighted by molar-refractivity contribution is -0.199. The number of amides is 2. The minimum absolute atomic E-state index is 0.0208. The smallest absolute Gasteiger partial charge is 0.482 e. The Morgan fingerprint density at radius 3 is 2.48 bits per heavy atom. The zero-order valence-electron chi connectivity index (χ0n) is 26.4. The van der Waals surface area contributed by atoms with Crippen molar-refractivity contribution in [3.05, 3.63) is 63.6 Å². The Hall–Kier alpha value is -2.77. The van der Waals surface area contributed by atoms with Crippen LogP contribution in [0.5, 0.6) is 5.75 Å². The third kappa shape index (κ3) is 7.37. The first-order valence-electron chi connectivity index (χ1n) is 15.1. The lowest BCUT2D eigenvalue weighted by Crippen LogP contribution is -2.65. The Balaban J connectivity index is 0.000000488. The molecule has 3 unspecified atom stereocenters. The average molecular weight is 642 g/mol. The van der Waals surface area contributed by atoms with Gasteiger partial charge in [0.2, 0.25) is 11.8 Å². The maximum absolute atomic E-state index is 13.0. The van der Waals surface area contributed by atoms with Crippen molar-refractivity contribution >= 4 is 42.1 Å². The Morgan fingerprint density at radius 1 is 1.16 bits per heavy atom. The van der Waals surface area contributed by atoms with E-state index in [4.69, 9.17) is 42.5 Å². The first-order chi connectivity index (χ1) is 20.8. The van der Waals surface area contributed by atoms with Crippen LogP contribution >= 0.6 is 23.2 Å². The highest BCUT2D eigenvalue weighted by atomic mass is 35.5. The van der Waals surface area contributed by atoms with E-state index in [1.165, 1.54) is 11.3 Å². The van der Waals surface area contributed by atoms with Crippen molar-refractivity contribution in [2.75, 3.05) is 20.7 Å². The third-order valence-electron chi connectivity index (χ3n) is 9.49. The molecule has 4 aliphatic rings. The summed E-state index contributed by atoms with van der Waals surface area (Å²) in [5.74, 6) is 0.952. The van der Waals surface area contributed by atoms with E-state index in [0.29, 0.717) is 34.1 Å². The zero-order chi connectivity index (χ0) is 32.2. The average Bonchev–Trinajstić information content (AvgIpc) is 3.35. The highest BCUT2D eigenvalue weighted by Crippen LogP contribution is 2.65. The van der Waals surface area contributed by atoms with Gasteiger partial charge in [-0.25, -0.2) is 0 Å². The van der Waals surface area contributed by atoms with Crippen LogP contribution in [0.3, 0.4) is 0 Å². The number of hydrogen-bond acceptors (Lipinski definition) is 6. The molecule has 0 aromatic heterocycles. The van der Waals surface area contributed by atoms with Crippen LogP contribution in [-0.4, -0.2) is 62.2 Å². The minimum atomic E-state index is -0.499. The first-order valence-corrected chi connectivity index (χ1v) is 15.8. The second-order valence-corrected chi connectivity index (χ2v) is 13.7. The van der Waals surface area contributed by atoms with Crippen LogP contribution in [0.15, 0.2) is 42.5 Å². The van der Waals surface area contributed by atoms with Crippen LogP contribution in [0.25, 0.3) is 0 Å². The maximum Gasteiger partial charge on any atom is 0.482 e. The van der Waals surface area contributed by atoms with Crippen LogP contribution in [0.4, 0.5) is 0 Å². The topological polar surface area (TPSA) is 101 Å². The maximum atomic E-state index is 13.0. The molecule has 2 amide bonds. The van der Waals surface area contributed by atoms with Crippen LogP contribution in [0.2, 0.25) is 10.0 Å². The number of carbonyl (C=O) groups is 2. The molecule has 11 heteroatoms. The molecular weight excluding hydrogens is 600 g/mol. The van der Waals surface area contributed by atoms with E-state index >= 15 is 0 Å². The number of rotatable bonds is 9. The van der Waals surface area contributed by atoms with Gasteiger partial charge in [-0.05, 0) is 67.6 Å². The lowest BCUT2D eigenvalue weighted by atomic mass is 9.43. The molecule has 1 aliphatic heterocycles. The van der Waals surface area contributed by atoms with Gasteiger partial charge in [-0.3, -0.25) is 9.59 Å². The molecule has 1 saturated heterocycles. The summed E-state index contributed by atoms with van der Waals surface area (Å²) in [6, 6.07) is 15.5. The normalized spacial score (nSPS) is 24.9. The van der Waals surface area contributed by atoms with Gasteiger partial charge >= 0.3 is 7.12 Å². The molecule has 4 fully saturated rings. The predicted octanol–water partition coefficient (Wildman–Crippen LogP) is 6.05. The van der Waals surface area contributed by atoms with Gasteiger partial charge in [0.15, 0.2) is 5.75 Å². The van der Waals surface area contributed by atoms with Gasteiger partial charge in [-0.1, -0.05) is 73.4 Å². The van der Waals surface area contributed by atoms with Crippen LogP contribution in [0.1, 0.15) is 57.6 Å². The molecule has 2 aromatic carbocycles. The standard InChI is InChI=1S/C28H34BCl2NO4.C5H8N2O/c1-17-10-11-20(30)26(25(17)31)34-13-12-24(33)32-23(14-18-8-6-5-7-9-18)29-35-22-16-19-15-21(27(19,2)3)28(22,4)36-29;1-7(2)5(8)3-4-6/h5-11,19,21-23H,12-16H2,1-4H3,(H,32,33);3H2,1-2H3/t19?,21?,22-,23?,28+;/m1./s1. The number of halogens is 2. The quantitative estimate of drug-likeness (QED) is 0.334. The zero-order valence-corrected chi connectivity index (χ0v) is 27.9. The fourth-order valence-electron chi connectivity index (χ4n) is 6.67. The number of ether oxygens (including phenoxy) is 1. The highest BCUT2D eigenvalue weighted by Gasteiger charge is 2.68. The van der Waals surface area contributed by atoms with E-state index in [-0.39, 0.29) is 54.3 Å². The number of nitrogens with zero attached hydrogens (tertiary/aromatic N) is 2. The molecule has 1 heterocycles. The van der Waals surface area contributed by atoms with E-state index in [1.54, 1.807) is 26.2 Å². The van der Waals surface area contributed by atoms with Gasteiger partial charge in [0, 0.05) is 14.1 Å². The number of hydrogen-bond donors (Lipinski definition) is 1. The summed E-state index contributed by atoms with van der Waals surface area (Å²) in [6.45, 7) is 8.94. The fraction of sp³-hybridized carbons (Fsp3) is 0.545.